The summed E-state index contributed by atoms with van der Waals surface area (Å²) in [7, 11) is 1.54. The number of carbonyl (C=O) groups is 1. The van der Waals surface area contributed by atoms with Crippen molar-refractivity contribution in [3.63, 3.8) is 0 Å². The molecule has 0 spiro atoms. The van der Waals surface area contributed by atoms with Crippen molar-refractivity contribution in [2.24, 2.45) is 0 Å². The number of hydrogen-bond acceptors (Lipinski definition) is 6. The van der Waals surface area contributed by atoms with Gasteiger partial charge < -0.3 is 4.74 Å². The zero-order valence-electron chi connectivity index (χ0n) is 15.9. The molecule has 0 amide bonds. The van der Waals surface area contributed by atoms with Crippen LogP contribution < -0.4 is 4.74 Å². The Hall–Kier alpha value is -3.87. The molecule has 144 valence electrons. The molecule has 0 radical (unpaired) electrons. The number of carbonyl (C=O) groups excluding carboxylic acids is 1. The molecule has 0 atom stereocenters. The Balaban J connectivity index is 1.72. The van der Waals surface area contributed by atoms with Crippen LogP contribution in [0.2, 0.25) is 0 Å². The molecule has 2 aromatic carbocycles. The first kappa shape index (κ1) is 18.5. The Kier molecular flexibility index (Phi) is 5.38. The van der Waals surface area contributed by atoms with Crippen molar-refractivity contribution in [2.45, 2.75) is 12.8 Å². The molecule has 4 rings (SSSR count). The number of aryl methyl sites for hydroxylation is 2. The lowest BCUT2D eigenvalue weighted by Crippen LogP contribution is -2.18. The van der Waals surface area contributed by atoms with Crippen molar-refractivity contribution in [3.8, 4) is 17.1 Å². The van der Waals surface area contributed by atoms with Gasteiger partial charge in [0.15, 0.2) is 5.82 Å². The van der Waals surface area contributed by atoms with Crippen LogP contribution >= 0.6 is 0 Å². The van der Waals surface area contributed by atoms with Gasteiger partial charge in [0.1, 0.15) is 17.9 Å². The molecular weight excluding hydrogens is 366 g/mol. The Morgan fingerprint density at radius 1 is 0.966 bits per heavy atom. The predicted octanol–water partition coefficient (Wildman–Crippen LogP) is 3.22. The Bertz CT molecular complexity index is 1110. The highest BCUT2D eigenvalue weighted by Gasteiger charge is 2.21. The molecule has 0 N–H and O–H groups in total. The molecule has 4 aromatic rings. The van der Waals surface area contributed by atoms with E-state index >= 15 is 0 Å². The van der Waals surface area contributed by atoms with Crippen LogP contribution in [0.5, 0.6) is 5.75 Å². The number of nitrogens with zero attached hydrogens (tertiary/aromatic N) is 5. The van der Waals surface area contributed by atoms with Gasteiger partial charge in [-0.2, -0.15) is 4.68 Å². The van der Waals surface area contributed by atoms with Crippen LogP contribution in [0.1, 0.15) is 21.7 Å². The lowest BCUT2D eigenvalue weighted by atomic mass is 10.1. The van der Waals surface area contributed by atoms with E-state index in [1.54, 1.807) is 30.6 Å². The molecule has 7 nitrogen and oxygen atoms in total. The number of ether oxygens (including phenoxy) is 1. The highest BCUT2D eigenvalue weighted by atomic mass is 16.5. The standard InChI is InChI=1S/C22H19N5O2/c1-29-19-10-6-5-9-18(19)22(28)27-20(12-11-16-7-3-2-4-8-16)25-21(26-27)17-13-23-15-24-14-17/h2-10,13-15H,11-12H2,1H3. The van der Waals surface area contributed by atoms with Gasteiger partial charge in [-0.3, -0.25) is 4.79 Å². The second-order valence-corrected chi connectivity index (χ2v) is 6.38. The van der Waals surface area contributed by atoms with Gasteiger partial charge in [-0.25, -0.2) is 15.0 Å². The van der Waals surface area contributed by atoms with Crippen molar-refractivity contribution < 1.29 is 9.53 Å². The van der Waals surface area contributed by atoms with Crippen LogP contribution in [-0.2, 0) is 12.8 Å². The normalized spacial score (nSPS) is 10.7. The first-order valence-corrected chi connectivity index (χ1v) is 9.19. The Morgan fingerprint density at radius 3 is 2.45 bits per heavy atom. The molecular formula is C22H19N5O2. The second kappa shape index (κ2) is 8.43. The maximum Gasteiger partial charge on any atom is 0.283 e. The van der Waals surface area contributed by atoms with Gasteiger partial charge in [-0.05, 0) is 24.1 Å². The molecule has 29 heavy (non-hydrogen) atoms. The number of benzene rings is 2. The van der Waals surface area contributed by atoms with Gasteiger partial charge in [0.25, 0.3) is 5.91 Å². The topological polar surface area (TPSA) is 82.8 Å². The van der Waals surface area contributed by atoms with E-state index in [0.717, 1.165) is 12.0 Å². The zero-order valence-corrected chi connectivity index (χ0v) is 15.9. The summed E-state index contributed by atoms with van der Waals surface area (Å²) in [5.41, 5.74) is 2.24. The summed E-state index contributed by atoms with van der Waals surface area (Å²) < 4.78 is 6.70. The summed E-state index contributed by atoms with van der Waals surface area (Å²) in [6.45, 7) is 0. The maximum absolute atomic E-state index is 13.3. The van der Waals surface area contributed by atoms with E-state index in [1.165, 1.54) is 18.1 Å². The van der Waals surface area contributed by atoms with Gasteiger partial charge >= 0.3 is 0 Å². The molecule has 0 saturated heterocycles. The van der Waals surface area contributed by atoms with Crippen LogP contribution in [0, 0.1) is 0 Å². The second-order valence-electron chi connectivity index (χ2n) is 6.38. The van der Waals surface area contributed by atoms with Crippen molar-refractivity contribution >= 4 is 5.91 Å². The van der Waals surface area contributed by atoms with E-state index in [1.807, 2.05) is 24.3 Å². The molecule has 0 aliphatic heterocycles. The minimum absolute atomic E-state index is 0.291. The summed E-state index contributed by atoms with van der Waals surface area (Å²) in [6, 6.07) is 17.1. The quantitative estimate of drug-likeness (QED) is 0.507. The fraction of sp³-hybridized carbons (Fsp3) is 0.136. The largest absolute Gasteiger partial charge is 0.496 e. The minimum Gasteiger partial charge on any atom is -0.496 e. The summed E-state index contributed by atoms with van der Waals surface area (Å²) >= 11 is 0. The summed E-state index contributed by atoms with van der Waals surface area (Å²) in [5.74, 6) is 1.19. The van der Waals surface area contributed by atoms with E-state index in [-0.39, 0.29) is 5.91 Å². The van der Waals surface area contributed by atoms with Gasteiger partial charge in [-0.15, -0.1) is 5.10 Å². The van der Waals surface area contributed by atoms with E-state index in [4.69, 9.17) is 4.74 Å². The summed E-state index contributed by atoms with van der Waals surface area (Å²) in [6.07, 6.45) is 5.99. The van der Waals surface area contributed by atoms with Crippen LogP contribution in [0.3, 0.4) is 0 Å². The van der Waals surface area contributed by atoms with Gasteiger partial charge in [0.05, 0.1) is 18.2 Å². The van der Waals surface area contributed by atoms with Crippen molar-refractivity contribution in [2.75, 3.05) is 7.11 Å². The molecule has 7 heteroatoms. The van der Waals surface area contributed by atoms with Gasteiger partial charge in [0, 0.05) is 18.8 Å². The molecule has 0 saturated carbocycles. The molecule has 0 aliphatic carbocycles. The molecule has 0 fully saturated rings. The number of rotatable bonds is 6. The van der Waals surface area contributed by atoms with Crippen LogP contribution in [0.15, 0.2) is 73.3 Å². The fourth-order valence-corrected chi connectivity index (χ4v) is 3.04. The Labute approximate surface area is 168 Å². The monoisotopic (exact) mass is 385 g/mol. The first-order valence-electron chi connectivity index (χ1n) is 9.19. The van der Waals surface area contributed by atoms with E-state index in [0.29, 0.717) is 34.9 Å². The van der Waals surface area contributed by atoms with Crippen molar-refractivity contribution in [3.05, 3.63) is 90.3 Å². The first-order chi connectivity index (χ1) is 14.3. The molecule has 2 heterocycles. The van der Waals surface area contributed by atoms with E-state index < -0.39 is 0 Å². The lowest BCUT2D eigenvalue weighted by Gasteiger charge is -2.08. The average Bonchev–Trinajstić information content (AvgIpc) is 3.23. The van der Waals surface area contributed by atoms with Crippen molar-refractivity contribution in [1.29, 1.82) is 0 Å². The minimum atomic E-state index is -0.291. The molecule has 0 aliphatic rings. The van der Waals surface area contributed by atoms with E-state index in [2.05, 4.69) is 32.2 Å². The predicted molar refractivity (Wildman–Crippen MR) is 108 cm³/mol. The number of aromatic nitrogens is 5. The fourth-order valence-electron chi connectivity index (χ4n) is 3.04. The summed E-state index contributed by atoms with van der Waals surface area (Å²) in [4.78, 5) is 25.9. The lowest BCUT2D eigenvalue weighted by molar-refractivity contribution is 0.0938. The van der Waals surface area contributed by atoms with Crippen LogP contribution in [-0.4, -0.2) is 37.7 Å². The highest BCUT2D eigenvalue weighted by molar-refractivity contribution is 5.98. The third-order valence-electron chi connectivity index (χ3n) is 4.50. The number of para-hydroxylation sites is 1. The molecule has 0 unspecified atom stereocenters. The van der Waals surface area contributed by atoms with Crippen LogP contribution in [0.25, 0.3) is 11.4 Å². The molecule has 2 aromatic heterocycles. The number of methoxy groups -OCH3 is 1. The van der Waals surface area contributed by atoms with Gasteiger partial charge in [0.2, 0.25) is 0 Å². The maximum atomic E-state index is 13.3. The number of hydrogen-bond donors (Lipinski definition) is 0. The molecule has 0 bridgehead atoms. The SMILES string of the molecule is COc1ccccc1C(=O)n1nc(-c2cncnc2)nc1CCc1ccccc1. The summed E-state index contributed by atoms with van der Waals surface area (Å²) in [5, 5.41) is 4.46. The van der Waals surface area contributed by atoms with Crippen molar-refractivity contribution in [1.82, 2.24) is 24.7 Å². The van der Waals surface area contributed by atoms with Gasteiger partial charge in [-0.1, -0.05) is 42.5 Å². The highest BCUT2D eigenvalue weighted by Crippen LogP contribution is 2.21. The third kappa shape index (κ3) is 4.03. The Morgan fingerprint density at radius 2 is 1.69 bits per heavy atom. The van der Waals surface area contributed by atoms with E-state index in [9.17, 15) is 4.79 Å². The van der Waals surface area contributed by atoms with Crippen LogP contribution in [0.4, 0.5) is 0 Å². The average molecular weight is 385 g/mol. The third-order valence-corrected chi connectivity index (χ3v) is 4.50. The zero-order chi connectivity index (χ0) is 20.1. The smallest absolute Gasteiger partial charge is 0.283 e.